The van der Waals surface area contributed by atoms with Crippen LogP contribution in [0.5, 0.6) is 5.75 Å². The lowest BCUT2D eigenvalue weighted by Gasteiger charge is -2.34. The van der Waals surface area contributed by atoms with Gasteiger partial charge in [-0.15, -0.1) is 0 Å². The molecular formula is C29H33F3N4O5. The van der Waals surface area contributed by atoms with E-state index in [0.717, 1.165) is 50.7 Å². The summed E-state index contributed by atoms with van der Waals surface area (Å²) in [5, 5.41) is 12.4. The van der Waals surface area contributed by atoms with E-state index in [4.69, 9.17) is 9.47 Å². The van der Waals surface area contributed by atoms with Gasteiger partial charge >= 0.3 is 12.1 Å². The van der Waals surface area contributed by atoms with Gasteiger partial charge in [-0.3, -0.25) is 4.79 Å². The second kappa shape index (κ2) is 10.8. The van der Waals surface area contributed by atoms with E-state index in [0.29, 0.717) is 49.8 Å². The highest BCUT2D eigenvalue weighted by Gasteiger charge is 2.57. The van der Waals surface area contributed by atoms with Gasteiger partial charge in [-0.2, -0.15) is 13.2 Å². The number of carbonyl (C=O) groups is 2. The van der Waals surface area contributed by atoms with Crippen molar-refractivity contribution in [2.45, 2.75) is 63.1 Å². The number of hydrogen-bond acceptors (Lipinski definition) is 7. The highest BCUT2D eigenvalue weighted by molar-refractivity contribution is 5.99. The Bertz CT molecular complexity index is 1330. The fraction of sp³-hybridized carbons (Fsp3) is 0.586. The van der Waals surface area contributed by atoms with E-state index in [1.165, 1.54) is 0 Å². The minimum atomic E-state index is -4.94. The number of rotatable bonds is 8. The van der Waals surface area contributed by atoms with Gasteiger partial charge in [0.05, 0.1) is 12.2 Å². The predicted molar refractivity (Wildman–Crippen MR) is 141 cm³/mol. The Morgan fingerprint density at radius 2 is 2.00 bits per heavy atom. The summed E-state index contributed by atoms with van der Waals surface area (Å²) < 4.78 is 53.8. The van der Waals surface area contributed by atoms with Crippen molar-refractivity contribution in [3.8, 4) is 5.75 Å². The normalized spacial score (nSPS) is 25.8. The van der Waals surface area contributed by atoms with Gasteiger partial charge in [0, 0.05) is 31.6 Å². The van der Waals surface area contributed by atoms with E-state index in [1.807, 2.05) is 6.07 Å². The lowest BCUT2D eigenvalue weighted by atomic mass is 9.80. The monoisotopic (exact) mass is 574 g/mol. The number of benzene rings is 1. The highest BCUT2D eigenvalue weighted by Crippen LogP contribution is 2.51. The van der Waals surface area contributed by atoms with Gasteiger partial charge < -0.3 is 24.8 Å². The molecule has 2 N–H and O–H groups in total. The average molecular weight is 575 g/mol. The number of carboxylic acids is 1. The van der Waals surface area contributed by atoms with Gasteiger partial charge in [-0.05, 0) is 92.9 Å². The molecule has 0 spiro atoms. The summed E-state index contributed by atoms with van der Waals surface area (Å²) in [5.74, 6) is -1.39. The fourth-order valence-electron chi connectivity index (χ4n) is 7.01. The van der Waals surface area contributed by atoms with Crippen molar-refractivity contribution >= 4 is 23.5 Å². The first-order valence-electron chi connectivity index (χ1n) is 14.2. The van der Waals surface area contributed by atoms with Crippen LogP contribution in [0.15, 0.2) is 24.4 Å². The molecule has 4 aliphatic rings. The van der Waals surface area contributed by atoms with Crippen LogP contribution in [0, 0.1) is 17.8 Å². The number of aromatic nitrogens is 2. The Kier molecular flexibility index (Phi) is 7.29. The van der Waals surface area contributed by atoms with Crippen LogP contribution in [0.1, 0.15) is 66.6 Å². The van der Waals surface area contributed by atoms with Crippen LogP contribution >= 0.6 is 0 Å². The zero-order chi connectivity index (χ0) is 28.8. The van der Waals surface area contributed by atoms with Crippen LogP contribution in [0.3, 0.4) is 0 Å². The van der Waals surface area contributed by atoms with Crippen molar-refractivity contribution in [1.29, 1.82) is 0 Å². The molecule has 3 fully saturated rings. The molecule has 1 aromatic carbocycles. The molecule has 1 saturated heterocycles. The third-order valence-corrected chi connectivity index (χ3v) is 9.18. The summed E-state index contributed by atoms with van der Waals surface area (Å²) in [5.41, 5.74) is -2.14. The van der Waals surface area contributed by atoms with Crippen molar-refractivity contribution < 1.29 is 37.3 Å². The number of nitrogens with one attached hydrogen (secondary N) is 1. The molecular weight excluding hydrogens is 541 g/mol. The average Bonchev–Trinajstić information content (AvgIpc) is 3.68. The predicted octanol–water partition coefficient (Wildman–Crippen LogP) is 4.76. The van der Waals surface area contributed by atoms with Crippen LogP contribution in [-0.4, -0.2) is 58.9 Å². The number of ether oxygens (including phenoxy) is 2. The number of fused-ring (bicyclic) bond motifs is 3. The van der Waals surface area contributed by atoms with Crippen LogP contribution in [0.4, 0.5) is 24.8 Å². The van der Waals surface area contributed by atoms with Crippen LogP contribution in [0.2, 0.25) is 0 Å². The summed E-state index contributed by atoms with van der Waals surface area (Å²) >= 11 is 0. The SMILES string of the molecule is O=C(NC1(C(=O)O)CC2CCC1C2)c1cnc(N2CCc3cc(OCCC4CCOCC4)ccc32)nc1C(F)(F)F. The number of halogens is 3. The molecule has 3 heterocycles. The molecule has 12 heteroatoms. The Morgan fingerprint density at radius 3 is 2.68 bits per heavy atom. The fourth-order valence-corrected chi connectivity index (χ4v) is 7.01. The molecule has 1 amide bonds. The number of carbonyl (C=O) groups excluding carboxylic acids is 1. The smallest absolute Gasteiger partial charge is 0.434 e. The van der Waals surface area contributed by atoms with E-state index < -0.39 is 34.8 Å². The van der Waals surface area contributed by atoms with Crippen molar-refractivity contribution in [2.24, 2.45) is 17.8 Å². The number of carboxylic acid groups (broad SMARTS) is 1. The number of nitrogens with zero attached hydrogens (tertiary/aromatic N) is 3. The van der Waals surface area contributed by atoms with Crippen LogP contribution < -0.4 is 15.0 Å². The first kappa shape index (κ1) is 27.7. The summed E-state index contributed by atoms with van der Waals surface area (Å²) in [6.45, 7) is 2.52. The molecule has 3 atom stereocenters. The second-order valence-electron chi connectivity index (χ2n) is 11.6. The van der Waals surface area contributed by atoms with Gasteiger partial charge in [0.1, 0.15) is 11.3 Å². The molecule has 1 aromatic heterocycles. The van der Waals surface area contributed by atoms with Gasteiger partial charge in [-0.1, -0.05) is 0 Å². The number of amides is 1. The highest BCUT2D eigenvalue weighted by atomic mass is 19.4. The molecule has 2 aliphatic carbocycles. The van der Waals surface area contributed by atoms with E-state index >= 15 is 0 Å². The molecule has 2 bridgehead atoms. The van der Waals surface area contributed by atoms with Gasteiger partial charge in [0.15, 0.2) is 5.69 Å². The maximum Gasteiger partial charge on any atom is 0.434 e. The van der Waals surface area contributed by atoms with Gasteiger partial charge in [0.2, 0.25) is 5.95 Å². The van der Waals surface area contributed by atoms with Crippen molar-refractivity contribution in [1.82, 2.24) is 15.3 Å². The number of hydrogen-bond donors (Lipinski definition) is 2. The third kappa shape index (κ3) is 5.33. The summed E-state index contributed by atoms with van der Waals surface area (Å²) in [4.78, 5) is 34.8. The van der Waals surface area contributed by atoms with E-state index in [-0.39, 0.29) is 24.2 Å². The zero-order valence-corrected chi connectivity index (χ0v) is 22.6. The maximum atomic E-state index is 14.2. The Labute approximate surface area is 235 Å². The molecule has 2 aromatic rings. The molecule has 0 radical (unpaired) electrons. The minimum Gasteiger partial charge on any atom is -0.494 e. The molecule has 220 valence electrons. The Balaban J connectivity index is 1.19. The molecule has 41 heavy (non-hydrogen) atoms. The Morgan fingerprint density at radius 1 is 1.20 bits per heavy atom. The van der Waals surface area contributed by atoms with Crippen LogP contribution in [0.25, 0.3) is 0 Å². The van der Waals surface area contributed by atoms with Crippen molar-refractivity contribution in [3.63, 3.8) is 0 Å². The molecule has 9 nitrogen and oxygen atoms in total. The molecule has 2 aliphatic heterocycles. The summed E-state index contributed by atoms with van der Waals surface area (Å²) in [6, 6.07) is 5.47. The van der Waals surface area contributed by atoms with Gasteiger partial charge in [0.25, 0.3) is 5.91 Å². The Hall–Kier alpha value is -3.41. The molecule has 3 unspecified atom stereocenters. The number of anilines is 2. The van der Waals surface area contributed by atoms with E-state index in [2.05, 4.69) is 15.3 Å². The second-order valence-corrected chi connectivity index (χ2v) is 11.6. The maximum absolute atomic E-state index is 14.2. The van der Waals surface area contributed by atoms with E-state index in [9.17, 15) is 27.9 Å². The molecule has 6 rings (SSSR count). The third-order valence-electron chi connectivity index (χ3n) is 9.18. The van der Waals surface area contributed by atoms with Crippen molar-refractivity contribution in [2.75, 3.05) is 31.3 Å². The van der Waals surface area contributed by atoms with Crippen molar-refractivity contribution in [3.05, 3.63) is 41.2 Å². The standard InChI is InChI=1S/C29H33F3N4O5/c30-29(31,32)24-22(25(37)35-28(26(38)39)15-18-1-2-20(28)13-18)16-33-27(34-24)36-9-5-19-14-21(3-4-23(19)36)41-12-8-17-6-10-40-11-7-17/h3-4,14,16-18,20H,1-2,5-13,15H2,(H,35,37)(H,38,39). The first-order valence-corrected chi connectivity index (χ1v) is 14.2. The zero-order valence-electron chi connectivity index (χ0n) is 22.6. The number of aliphatic carboxylic acids is 1. The topological polar surface area (TPSA) is 114 Å². The number of alkyl halides is 3. The summed E-state index contributed by atoms with van der Waals surface area (Å²) in [6.07, 6.45) is 1.83. The first-order chi connectivity index (χ1) is 19.6. The van der Waals surface area contributed by atoms with Crippen LogP contribution in [-0.2, 0) is 22.1 Å². The lowest BCUT2D eigenvalue weighted by molar-refractivity contribution is -0.146. The van der Waals surface area contributed by atoms with E-state index in [1.54, 1.807) is 17.0 Å². The molecule has 2 saturated carbocycles. The largest absolute Gasteiger partial charge is 0.494 e. The van der Waals surface area contributed by atoms with Gasteiger partial charge in [-0.25, -0.2) is 14.8 Å². The summed E-state index contributed by atoms with van der Waals surface area (Å²) in [7, 11) is 0. The quantitative estimate of drug-likeness (QED) is 0.464. The minimum absolute atomic E-state index is 0.144. The lowest BCUT2D eigenvalue weighted by Crippen LogP contribution is -2.58.